The van der Waals surface area contributed by atoms with Crippen molar-refractivity contribution in [3.05, 3.63) is 34.4 Å². The second-order valence-corrected chi connectivity index (χ2v) is 3.42. The van der Waals surface area contributed by atoms with Gasteiger partial charge in [0, 0.05) is 11.6 Å². The molecule has 0 amide bonds. The minimum absolute atomic E-state index is 0.368. The summed E-state index contributed by atoms with van der Waals surface area (Å²) < 4.78 is 0. The van der Waals surface area contributed by atoms with Crippen molar-refractivity contribution in [2.24, 2.45) is 0 Å². The van der Waals surface area contributed by atoms with Crippen LogP contribution in [-0.4, -0.2) is 4.98 Å². The average molecular weight is 213 g/mol. The lowest BCUT2D eigenvalue weighted by molar-refractivity contribution is 1.41. The molecule has 0 atom stereocenters. The molecule has 13 heavy (non-hydrogen) atoms. The van der Waals surface area contributed by atoms with E-state index in [4.69, 9.17) is 28.9 Å². The summed E-state index contributed by atoms with van der Waals surface area (Å²) in [5.41, 5.74) is 6.81. The Morgan fingerprint density at radius 1 is 1.23 bits per heavy atom. The summed E-state index contributed by atoms with van der Waals surface area (Å²) in [5.74, 6) is 0. The second kappa shape index (κ2) is 3.05. The molecule has 2 nitrogen and oxygen atoms in total. The highest BCUT2D eigenvalue weighted by Crippen LogP contribution is 2.33. The molecular weight excluding hydrogens is 207 g/mol. The molecule has 0 saturated heterocycles. The highest BCUT2D eigenvalue weighted by atomic mass is 35.5. The van der Waals surface area contributed by atoms with Crippen LogP contribution in [-0.2, 0) is 0 Å². The normalized spacial score (nSPS) is 10.6. The third kappa shape index (κ3) is 1.32. The number of fused-ring (bicyclic) bond motifs is 1. The molecule has 0 aliphatic heterocycles. The lowest BCUT2D eigenvalue weighted by Crippen LogP contribution is -1.89. The standard InChI is InChI=1S/C9H6Cl2N2/c10-7-6(12)4-5-2-1-3-13-9(5)8(7)11/h1-4H,12H2. The van der Waals surface area contributed by atoms with Crippen molar-refractivity contribution < 1.29 is 0 Å². The number of nitrogens with zero attached hydrogens (tertiary/aromatic N) is 1. The number of hydrogen-bond donors (Lipinski definition) is 1. The van der Waals surface area contributed by atoms with E-state index in [0.29, 0.717) is 21.2 Å². The van der Waals surface area contributed by atoms with Gasteiger partial charge in [0.15, 0.2) is 0 Å². The zero-order valence-electron chi connectivity index (χ0n) is 6.59. The first-order valence-electron chi connectivity index (χ1n) is 3.68. The van der Waals surface area contributed by atoms with Crippen LogP contribution in [0.1, 0.15) is 0 Å². The SMILES string of the molecule is Nc1cc2cccnc2c(Cl)c1Cl. The van der Waals surface area contributed by atoms with Crippen molar-refractivity contribution in [1.82, 2.24) is 4.98 Å². The summed E-state index contributed by atoms with van der Waals surface area (Å²) in [6.45, 7) is 0. The highest BCUT2D eigenvalue weighted by Gasteiger charge is 2.07. The van der Waals surface area contributed by atoms with Crippen molar-refractivity contribution in [2.45, 2.75) is 0 Å². The van der Waals surface area contributed by atoms with Crippen LogP contribution in [0.5, 0.6) is 0 Å². The van der Waals surface area contributed by atoms with E-state index in [9.17, 15) is 0 Å². The van der Waals surface area contributed by atoms with Crippen LogP contribution in [0.25, 0.3) is 10.9 Å². The minimum atomic E-state index is 0.368. The molecular formula is C9H6Cl2N2. The van der Waals surface area contributed by atoms with E-state index in [1.807, 2.05) is 12.1 Å². The first-order chi connectivity index (χ1) is 6.20. The van der Waals surface area contributed by atoms with Gasteiger partial charge in [-0.25, -0.2) is 0 Å². The van der Waals surface area contributed by atoms with Crippen LogP contribution in [0.15, 0.2) is 24.4 Å². The number of anilines is 1. The average Bonchev–Trinajstić information content (AvgIpc) is 2.15. The van der Waals surface area contributed by atoms with E-state index in [-0.39, 0.29) is 0 Å². The Hall–Kier alpha value is -0.990. The summed E-state index contributed by atoms with van der Waals surface area (Å²) in [5, 5.41) is 1.68. The largest absolute Gasteiger partial charge is 0.397 e. The van der Waals surface area contributed by atoms with Gasteiger partial charge in [0.1, 0.15) is 0 Å². The second-order valence-electron chi connectivity index (χ2n) is 2.67. The smallest absolute Gasteiger partial charge is 0.0904 e. The van der Waals surface area contributed by atoms with E-state index in [1.165, 1.54) is 0 Å². The fourth-order valence-electron chi connectivity index (χ4n) is 1.18. The van der Waals surface area contributed by atoms with Crippen molar-refractivity contribution in [1.29, 1.82) is 0 Å². The molecule has 0 radical (unpaired) electrons. The zero-order chi connectivity index (χ0) is 9.42. The van der Waals surface area contributed by atoms with E-state index >= 15 is 0 Å². The molecule has 0 bridgehead atoms. The third-order valence-electron chi connectivity index (χ3n) is 1.80. The van der Waals surface area contributed by atoms with Crippen LogP contribution in [0.4, 0.5) is 5.69 Å². The van der Waals surface area contributed by atoms with Gasteiger partial charge in [-0.2, -0.15) is 0 Å². The van der Waals surface area contributed by atoms with Crippen LogP contribution < -0.4 is 5.73 Å². The fourth-order valence-corrected chi connectivity index (χ4v) is 1.59. The Bertz CT molecular complexity index is 468. The summed E-state index contributed by atoms with van der Waals surface area (Å²) in [4.78, 5) is 4.11. The predicted octanol–water partition coefficient (Wildman–Crippen LogP) is 3.12. The number of hydrogen-bond acceptors (Lipinski definition) is 2. The van der Waals surface area contributed by atoms with Gasteiger partial charge in [-0.05, 0) is 12.1 Å². The maximum Gasteiger partial charge on any atom is 0.0904 e. The maximum absolute atomic E-state index is 5.96. The molecule has 1 aromatic carbocycles. The van der Waals surface area contributed by atoms with Gasteiger partial charge in [0.25, 0.3) is 0 Å². The van der Waals surface area contributed by atoms with Crippen LogP contribution in [0.3, 0.4) is 0 Å². The first-order valence-corrected chi connectivity index (χ1v) is 4.44. The number of benzene rings is 1. The van der Waals surface area contributed by atoms with Crippen molar-refractivity contribution in [2.75, 3.05) is 5.73 Å². The summed E-state index contributed by atoms with van der Waals surface area (Å²) in [7, 11) is 0. The Kier molecular flexibility index (Phi) is 2.02. The van der Waals surface area contributed by atoms with Crippen LogP contribution in [0.2, 0.25) is 10.0 Å². The molecule has 0 aliphatic carbocycles. The molecule has 2 N–H and O–H groups in total. The Morgan fingerprint density at radius 2 is 2.00 bits per heavy atom. The lowest BCUT2D eigenvalue weighted by Gasteiger charge is -2.04. The summed E-state index contributed by atoms with van der Waals surface area (Å²) >= 11 is 11.8. The number of pyridine rings is 1. The van der Waals surface area contributed by atoms with E-state index < -0.39 is 0 Å². The van der Waals surface area contributed by atoms with E-state index in [0.717, 1.165) is 5.39 Å². The summed E-state index contributed by atoms with van der Waals surface area (Å²) in [6, 6.07) is 5.48. The number of halogens is 2. The van der Waals surface area contributed by atoms with Crippen molar-refractivity contribution >= 4 is 39.8 Å². The molecule has 2 rings (SSSR count). The molecule has 0 fully saturated rings. The molecule has 4 heteroatoms. The van der Waals surface area contributed by atoms with Gasteiger partial charge in [-0.1, -0.05) is 29.3 Å². The quantitative estimate of drug-likeness (QED) is 0.682. The van der Waals surface area contributed by atoms with E-state index in [1.54, 1.807) is 12.3 Å². The van der Waals surface area contributed by atoms with Gasteiger partial charge >= 0.3 is 0 Å². The van der Waals surface area contributed by atoms with Gasteiger partial charge in [0.2, 0.25) is 0 Å². The lowest BCUT2D eigenvalue weighted by atomic mass is 10.2. The van der Waals surface area contributed by atoms with Crippen molar-refractivity contribution in [3.63, 3.8) is 0 Å². The van der Waals surface area contributed by atoms with Gasteiger partial charge in [-0.15, -0.1) is 0 Å². The predicted molar refractivity (Wildman–Crippen MR) is 56.2 cm³/mol. The molecule has 0 unspecified atom stereocenters. The topological polar surface area (TPSA) is 38.9 Å². The first kappa shape index (κ1) is 8.60. The highest BCUT2D eigenvalue weighted by molar-refractivity contribution is 6.46. The molecule has 0 aliphatic rings. The third-order valence-corrected chi connectivity index (χ3v) is 2.68. The molecule has 0 spiro atoms. The number of rotatable bonds is 0. The molecule has 1 aromatic heterocycles. The van der Waals surface area contributed by atoms with E-state index in [2.05, 4.69) is 4.98 Å². The zero-order valence-corrected chi connectivity index (χ0v) is 8.10. The number of nitrogens with two attached hydrogens (primary N) is 1. The fraction of sp³-hybridized carbons (Fsp3) is 0. The number of nitrogen functional groups attached to an aromatic ring is 1. The number of aromatic nitrogens is 1. The molecule has 0 saturated carbocycles. The maximum atomic E-state index is 5.96. The van der Waals surface area contributed by atoms with Gasteiger partial charge in [0.05, 0.1) is 21.2 Å². The van der Waals surface area contributed by atoms with Gasteiger partial charge < -0.3 is 5.73 Å². The Morgan fingerprint density at radius 3 is 2.77 bits per heavy atom. The monoisotopic (exact) mass is 212 g/mol. The van der Waals surface area contributed by atoms with Crippen LogP contribution in [0, 0.1) is 0 Å². The van der Waals surface area contributed by atoms with Crippen LogP contribution >= 0.6 is 23.2 Å². The molecule has 66 valence electrons. The van der Waals surface area contributed by atoms with Gasteiger partial charge in [-0.3, -0.25) is 4.98 Å². The Balaban J connectivity index is 2.94. The molecule has 1 heterocycles. The summed E-state index contributed by atoms with van der Waals surface area (Å²) in [6.07, 6.45) is 1.67. The molecule has 2 aromatic rings. The Labute approximate surface area is 85.3 Å². The minimum Gasteiger partial charge on any atom is -0.397 e. The van der Waals surface area contributed by atoms with Crippen molar-refractivity contribution in [3.8, 4) is 0 Å².